The van der Waals surface area contributed by atoms with Crippen LogP contribution in [0, 0.1) is 4.77 Å². The van der Waals surface area contributed by atoms with Gasteiger partial charge in [0.1, 0.15) is 12.3 Å². The summed E-state index contributed by atoms with van der Waals surface area (Å²) in [6.07, 6.45) is 3.84. The maximum Gasteiger partial charge on any atom is 0.242 e. The molecule has 1 amide bonds. The predicted octanol–water partition coefficient (Wildman–Crippen LogP) is 4.66. The number of ether oxygens (including phenoxy) is 1. The molecule has 0 saturated carbocycles. The molecule has 4 rings (SSSR count). The third kappa shape index (κ3) is 5.63. The first kappa shape index (κ1) is 23.0. The highest BCUT2D eigenvalue weighted by atomic mass is 32.1. The fourth-order valence-electron chi connectivity index (χ4n) is 4.13. The van der Waals surface area contributed by atoms with Crippen LogP contribution in [0.4, 0.5) is 5.69 Å². The van der Waals surface area contributed by atoms with Gasteiger partial charge in [-0.15, -0.1) is 0 Å². The fraction of sp³-hybridized carbons (Fsp3) is 0.400. The van der Waals surface area contributed by atoms with Gasteiger partial charge in [-0.05, 0) is 80.4 Å². The van der Waals surface area contributed by atoms with Crippen molar-refractivity contribution in [3.63, 3.8) is 0 Å². The number of aromatic nitrogens is 3. The Hall–Kier alpha value is -3.13. The van der Waals surface area contributed by atoms with Crippen LogP contribution in [0.25, 0.3) is 11.4 Å². The molecule has 7 nitrogen and oxygen atoms in total. The van der Waals surface area contributed by atoms with Crippen molar-refractivity contribution in [2.45, 2.75) is 39.3 Å². The lowest BCUT2D eigenvalue weighted by Gasteiger charge is -2.29. The molecule has 174 valence electrons. The first-order valence-corrected chi connectivity index (χ1v) is 11.9. The van der Waals surface area contributed by atoms with E-state index in [0.29, 0.717) is 23.7 Å². The smallest absolute Gasteiger partial charge is 0.242 e. The van der Waals surface area contributed by atoms with E-state index in [9.17, 15) is 4.79 Å². The molecule has 1 aliphatic heterocycles. The molecule has 1 N–H and O–H groups in total. The zero-order valence-electron chi connectivity index (χ0n) is 19.3. The number of hydrogen-bond acceptors (Lipinski definition) is 5. The summed E-state index contributed by atoms with van der Waals surface area (Å²) in [5.41, 5.74) is 3.24. The van der Waals surface area contributed by atoms with Crippen LogP contribution in [-0.4, -0.2) is 52.3 Å². The Morgan fingerprint density at radius 1 is 1.09 bits per heavy atom. The minimum atomic E-state index is -0.0280. The van der Waals surface area contributed by atoms with Crippen molar-refractivity contribution in [3.8, 4) is 17.1 Å². The maximum atomic E-state index is 13.0. The van der Waals surface area contributed by atoms with Crippen molar-refractivity contribution in [2.24, 2.45) is 0 Å². The summed E-state index contributed by atoms with van der Waals surface area (Å²) in [4.78, 5) is 17.2. The molecule has 0 spiro atoms. The second-order valence-electron chi connectivity index (χ2n) is 8.36. The SMILES string of the molecule is CCOc1ccc(-c2n[nH]c(=S)n2CC(=O)N(C)Cc2ccc(N3CCCCC3)cc2)cc1. The minimum Gasteiger partial charge on any atom is -0.494 e. The van der Waals surface area contributed by atoms with Crippen molar-refractivity contribution in [1.29, 1.82) is 0 Å². The molecular formula is C25H31N5O2S. The van der Waals surface area contributed by atoms with Crippen LogP contribution in [0.1, 0.15) is 31.7 Å². The van der Waals surface area contributed by atoms with E-state index in [1.54, 1.807) is 9.47 Å². The first-order valence-electron chi connectivity index (χ1n) is 11.5. The highest BCUT2D eigenvalue weighted by molar-refractivity contribution is 7.71. The van der Waals surface area contributed by atoms with Crippen LogP contribution in [-0.2, 0) is 17.9 Å². The maximum absolute atomic E-state index is 13.0. The van der Waals surface area contributed by atoms with E-state index in [-0.39, 0.29) is 12.5 Å². The van der Waals surface area contributed by atoms with Crippen LogP contribution < -0.4 is 9.64 Å². The zero-order valence-corrected chi connectivity index (χ0v) is 20.1. The molecule has 0 aliphatic carbocycles. The number of rotatable bonds is 8. The van der Waals surface area contributed by atoms with Gasteiger partial charge in [0.25, 0.3) is 0 Å². The number of anilines is 1. The molecule has 1 fully saturated rings. The largest absolute Gasteiger partial charge is 0.494 e. The Labute approximate surface area is 200 Å². The van der Waals surface area contributed by atoms with E-state index in [1.165, 1.54) is 24.9 Å². The zero-order chi connectivity index (χ0) is 23.2. The summed E-state index contributed by atoms with van der Waals surface area (Å²) < 4.78 is 7.67. The molecule has 8 heteroatoms. The summed E-state index contributed by atoms with van der Waals surface area (Å²) in [5, 5.41) is 7.16. The molecular weight excluding hydrogens is 434 g/mol. The van der Waals surface area contributed by atoms with Gasteiger partial charge in [0.05, 0.1) is 6.61 Å². The van der Waals surface area contributed by atoms with Gasteiger partial charge in [-0.2, -0.15) is 5.10 Å². The summed E-state index contributed by atoms with van der Waals surface area (Å²) >= 11 is 5.40. The molecule has 1 aliphatic rings. The number of piperidine rings is 1. The number of aromatic amines is 1. The molecule has 33 heavy (non-hydrogen) atoms. The van der Waals surface area contributed by atoms with E-state index < -0.39 is 0 Å². The van der Waals surface area contributed by atoms with Crippen LogP contribution in [0.2, 0.25) is 0 Å². The average Bonchev–Trinajstić information content (AvgIpc) is 3.20. The van der Waals surface area contributed by atoms with E-state index in [0.717, 1.165) is 30.0 Å². The van der Waals surface area contributed by atoms with Gasteiger partial charge in [-0.25, -0.2) is 0 Å². The minimum absolute atomic E-state index is 0.0280. The molecule has 3 aromatic rings. The van der Waals surface area contributed by atoms with E-state index >= 15 is 0 Å². The van der Waals surface area contributed by atoms with Crippen molar-refractivity contribution in [3.05, 3.63) is 58.9 Å². The Kier molecular flexibility index (Phi) is 7.44. The molecule has 0 atom stereocenters. The number of carbonyl (C=O) groups is 1. The Balaban J connectivity index is 1.41. The van der Waals surface area contributed by atoms with Crippen LogP contribution >= 0.6 is 12.2 Å². The number of likely N-dealkylation sites (N-methyl/N-ethyl adjacent to an activating group) is 1. The van der Waals surface area contributed by atoms with E-state index in [1.807, 2.05) is 38.2 Å². The summed E-state index contributed by atoms with van der Waals surface area (Å²) in [7, 11) is 1.82. The number of nitrogens with one attached hydrogen (secondary N) is 1. The summed E-state index contributed by atoms with van der Waals surface area (Å²) in [6, 6.07) is 16.2. The highest BCUT2D eigenvalue weighted by Crippen LogP contribution is 2.22. The molecule has 2 heterocycles. The van der Waals surface area contributed by atoms with Crippen molar-refractivity contribution < 1.29 is 9.53 Å². The first-order chi connectivity index (χ1) is 16.0. The van der Waals surface area contributed by atoms with Crippen LogP contribution in [0.5, 0.6) is 5.75 Å². The van der Waals surface area contributed by atoms with E-state index in [4.69, 9.17) is 17.0 Å². The molecule has 1 saturated heterocycles. The predicted molar refractivity (Wildman–Crippen MR) is 133 cm³/mol. The third-order valence-electron chi connectivity index (χ3n) is 5.98. The summed E-state index contributed by atoms with van der Waals surface area (Å²) in [5.74, 6) is 1.40. The summed E-state index contributed by atoms with van der Waals surface area (Å²) in [6.45, 7) is 5.48. The topological polar surface area (TPSA) is 66.4 Å². The van der Waals surface area contributed by atoms with Gasteiger partial charge >= 0.3 is 0 Å². The normalized spacial score (nSPS) is 13.7. The number of carbonyl (C=O) groups excluding carboxylic acids is 1. The van der Waals surface area contributed by atoms with Gasteiger partial charge < -0.3 is 14.5 Å². The number of amides is 1. The number of nitrogens with zero attached hydrogens (tertiary/aromatic N) is 4. The number of hydrogen-bond donors (Lipinski definition) is 1. The lowest BCUT2D eigenvalue weighted by atomic mass is 10.1. The van der Waals surface area contributed by atoms with Crippen molar-refractivity contribution in [1.82, 2.24) is 19.7 Å². The second kappa shape index (κ2) is 10.7. The van der Waals surface area contributed by atoms with E-state index in [2.05, 4.69) is 39.4 Å². The Bertz CT molecular complexity index is 1110. The van der Waals surface area contributed by atoms with Crippen molar-refractivity contribution in [2.75, 3.05) is 31.6 Å². The molecule has 2 aromatic carbocycles. The van der Waals surface area contributed by atoms with Gasteiger partial charge in [0.2, 0.25) is 5.91 Å². The Morgan fingerprint density at radius 3 is 2.45 bits per heavy atom. The molecule has 0 radical (unpaired) electrons. The van der Waals surface area contributed by atoms with Gasteiger partial charge in [0.15, 0.2) is 10.6 Å². The van der Waals surface area contributed by atoms with Crippen LogP contribution in [0.15, 0.2) is 48.5 Å². The third-order valence-corrected chi connectivity index (χ3v) is 6.29. The second-order valence-corrected chi connectivity index (χ2v) is 8.75. The van der Waals surface area contributed by atoms with Crippen molar-refractivity contribution >= 4 is 23.8 Å². The molecule has 0 unspecified atom stereocenters. The number of benzene rings is 2. The van der Waals surface area contributed by atoms with Gasteiger partial charge in [-0.3, -0.25) is 14.5 Å². The highest BCUT2D eigenvalue weighted by Gasteiger charge is 2.16. The molecule has 1 aromatic heterocycles. The van der Waals surface area contributed by atoms with Gasteiger partial charge in [0, 0.05) is 37.9 Å². The number of H-pyrrole nitrogens is 1. The fourth-order valence-corrected chi connectivity index (χ4v) is 4.33. The average molecular weight is 466 g/mol. The Morgan fingerprint density at radius 2 is 1.79 bits per heavy atom. The van der Waals surface area contributed by atoms with Gasteiger partial charge in [-0.1, -0.05) is 12.1 Å². The standard InChI is InChI=1S/C25H31N5O2S/c1-3-32-22-13-9-20(10-14-22)24-26-27-25(33)30(24)18-23(31)28(2)17-19-7-11-21(12-8-19)29-15-5-4-6-16-29/h7-14H,3-6,15-18H2,1-2H3,(H,27,33). The lowest BCUT2D eigenvalue weighted by molar-refractivity contribution is -0.131. The quantitative estimate of drug-likeness (QED) is 0.491. The molecule has 0 bridgehead atoms. The van der Waals surface area contributed by atoms with Crippen LogP contribution in [0.3, 0.4) is 0 Å². The monoisotopic (exact) mass is 465 g/mol. The lowest BCUT2D eigenvalue weighted by Crippen LogP contribution is -2.30.